The van der Waals surface area contributed by atoms with Gasteiger partial charge in [-0.05, 0) is 55.5 Å². The summed E-state index contributed by atoms with van der Waals surface area (Å²) in [5.41, 5.74) is 0.378. The van der Waals surface area contributed by atoms with Gasteiger partial charge >= 0.3 is 5.97 Å². The number of carbonyl (C=O) groups is 2. The molecule has 0 saturated carbocycles. The number of hydrogen-bond acceptors (Lipinski definition) is 6. The molecule has 3 aromatic rings. The van der Waals surface area contributed by atoms with Crippen molar-refractivity contribution in [3.05, 3.63) is 89.5 Å². The molecule has 3 rings (SSSR count). The first-order chi connectivity index (χ1) is 16.1. The Hall–Kier alpha value is -4.30. The second-order valence-corrected chi connectivity index (χ2v) is 8.64. The van der Waals surface area contributed by atoms with Gasteiger partial charge in [0.05, 0.1) is 21.7 Å². The number of nitrogens with zero attached hydrogens (tertiary/aromatic N) is 1. The maximum atomic E-state index is 13.4. The van der Waals surface area contributed by atoms with E-state index in [-0.39, 0.29) is 22.5 Å². The Kier molecular flexibility index (Phi) is 7.23. The number of sulfonamides is 1. The molecule has 2 N–H and O–H groups in total. The summed E-state index contributed by atoms with van der Waals surface area (Å²) in [6, 6.07) is 15.5. The van der Waals surface area contributed by atoms with Crippen LogP contribution in [0.2, 0.25) is 0 Å². The zero-order valence-electron chi connectivity index (χ0n) is 17.6. The predicted molar refractivity (Wildman–Crippen MR) is 118 cm³/mol. The average molecular weight is 485 g/mol. The molecule has 11 heteroatoms. The lowest BCUT2D eigenvalue weighted by Gasteiger charge is -2.15. The quantitative estimate of drug-likeness (QED) is 0.490. The predicted octanol–water partition coefficient (Wildman–Crippen LogP) is 3.82. The van der Waals surface area contributed by atoms with Crippen molar-refractivity contribution in [1.29, 1.82) is 5.26 Å². The molecule has 1 amide bonds. The lowest BCUT2D eigenvalue weighted by molar-refractivity contribution is -0.123. The van der Waals surface area contributed by atoms with Gasteiger partial charge < -0.3 is 10.1 Å². The Morgan fingerprint density at radius 1 is 1.00 bits per heavy atom. The molecule has 0 heterocycles. The summed E-state index contributed by atoms with van der Waals surface area (Å²) < 4.78 is 58.7. The molecule has 0 aromatic heterocycles. The molecule has 0 radical (unpaired) electrons. The van der Waals surface area contributed by atoms with Crippen LogP contribution in [0, 0.1) is 23.0 Å². The third-order valence-electron chi connectivity index (χ3n) is 4.51. The number of anilines is 2. The van der Waals surface area contributed by atoms with Gasteiger partial charge in [-0.3, -0.25) is 9.52 Å². The van der Waals surface area contributed by atoms with Crippen molar-refractivity contribution < 1.29 is 31.5 Å². The zero-order valence-corrected chi connectivity index (χ0v) is 18.4. The second-order valence-electron chi connectivity index (χ2n) is 6.96. The van der Waals surface area contributed by atoms with E-state index in [1.54, 1.807) is 12.1 Å². The van der Waals surface area contributed by atoms with E-state index in [4.69, 9.17) is 10.00 Å². The fourth-order valence-electron chi connectivity index (χ4n) is 2.77. The van der Waals surface area contributed by atoms with Crippen molar-refractivity contribution in [2.24, 2.45) is 0 Å². The number of benzene rings is 3. The summed E-state index contributed by atoms with van der Waals surface area (Å²) in [6.45, 7) is 1.33. The molecule has 0 bridgehead atoms. The Bertz CT molecular complexity index is 1400. The maximum Gasteiger partial charge on any atom is 0.338 e. The van der Waals surface area contributed by atoms with Gasteiger partial charge in [0.15, 0.2) is 17.7 Å². The van der Waals surface area contributed by atoms with Gasteiger partial charge in [0.2, 0.25) is 0 Å². The van der Waals surface area contributed by atoms with Gasteiger partial charge in [0.1, 0.15) is 6.07 Å². The van der Waals surface area contributed by atoms with Crippen LogP contribution < -0.4 is 10.0 Å². The number of nitriles is 1. The molecule has 3 aromatic carbocycles. The Morgan fingerprint density at radius 2 is 1.74 bits per heavy atom. The van der Waals surface area contributed by atoms with Crippen LogP contribution in [0.1, 0.15) is 22.8 Å². The van der Waals surface area contributed by atoms with Crippen LogP contribution in [-0.2, 0) is 19.6 Å². The van der Waals surface area contributed by atoms with Crippen molar-refractivity contribution >= 4 is 33.3 Å². The van der Waals surface area contributed by atoms with E-state index in [1.165, 1.54) is 37.3 Å². The Labute approximate surface area is 193 Å². The van der Waals surface area contributed by atoms with E-state index >= 15 is 0 Å². The molecule has 174 valence electrons. The maximum absolute atomic E-state index is 13.4. The van der Waals surface area contributed by atoms with E-state index in [9.17, 15) is 26.8 Å². The average Bonchev–Trinajstić information content (AvgIpc) is 2.80. The fourth-order valence-corrected chi connectivity index (χ4v) is 3.83. The lowest BCUT2D eigenvalue weighted by atomic mass is 10.2. The van der Waals surface area contributed by atoms with Gasteiger partial charge in [0, 0.05) is 5.69 Å². The van der Waals surface area contributed by atoms with Crippen molar-refractivity contribution in [3.8, 4) is 6.07 Å². The van der Waals surface area contributed by atoms with Crippen molar-refractivity contribution in [3.63, 3.8) is 0 Å². The standard InChI is InChI=1S/C23H17F2N3O5S/c1-14(22(29)27-21-8-3-2-5-16(21)13-26)33-23(30)15-6-4-7-17(11-15)28-34(31,32)18-9-10-19(24)20(25)12-18/h2-12,14,28H,1H3,(H,27,29). The number of halogens is 2. The van der Waals surface area contributed by atoms with Crippen molar-refractivity contribution in [1.82, 2.24) is 0 Å². The number of amides is 1. The van der Waals surface area contributed by atoms with Crippen LogP contribution in [0.25, 0.3) is 0 Å². The molecule has 0 aliphatic heterocycles. The summed E-state index contributed by atoms with van der Waals surface area (Å²) in [5, 5.41) is 11.6. The SMILES string of the molecule is CC(OC(=O)c1cccc(NS(=O)(=O)c2ccc(F)c(F)c2)c1)C(=O)Nc1ccccc1C#N. The van der Waals surface area contributed by atoms with Crippen LogP contribution in [0.15, 0.2) is 71.6 Å². The molecule has 0 aliphatic rings. The first-order valence-corrected chi connectivity index (χ1v) is 11.2. The van der Waals surface area contributed by atoms with E-state index < -0.39 is 44.5 Å². The van der Waals surface area contributed by atoms with Gasteiger partial charge in [-0.2, -0.15) is 5.26 Å². The van der Waals surface area contributed by atoms with Crippen LogP contribution >= 0.6 is 0 Å². The number of nitrogens with one attached hydrogen (secondary N) is 2. The summed E-state index contributed by atoms with van der Waals surface area (Å²) >= 11 is 0. The Morgan fingerprint density at radius 3 is 2.44 bits per heavy atom. The number of carbonyl (C=O) groups excluding carboxylic acids is 2. The monoisotopic (exact) mass is 485 g/mol. The van der Waals surface area contributed by atoms with Gasteiger partial charge in [0.25, 0.3) is 15.9 Å². The number of hydrogen-bond donors (Lipinski definition) is 2. The van der Waals surface area contributed by atoms with Gasteiger partial charge in [-0.25, -0.2) is 22.0 Å². The highest BCUT2D eigenvalue weighted by atomic mass is 32.2. The number of ether oxygens (including phenoxy) is 1. The summed E-state index contributed by atoms with van der Waals surface area (Å²) in [5.74, 6) is -4.11. The largest absolute Gasteiger partial charge is 0.449 e. The molecule has 8 nitrogen and oxygen atoms in total. The molecule has 0 fully saturated rings. The molecule has 0 spiro atoms. The molecular weight excluding hydrogens is 468 g/mol. The first-order valence-electron chi connectivity index (χ1n) is 9.69. The van der Waals surface area contributed by atoms with Gasteiger partial charge in [-0.1, -0.05) is 18.2 Å². The lowest BCUT2D eigenvalue weighted by Crippen LogP contribution is -2.30. The minimum absolute atomic E-state index is 0.0424. The summed E-state index contributed by atoms with van der Waals surface area (Å²) in [6.07, 6.45) is -1.23. The van der Waals surface area contributed by atoms with Gasteiger partial charge in [-0.15, -0.1) is 0 Å². The minimum Gasteiger partial charge on any atom is -0.449 e. The topological polar surface area (TPSA) is 125 Å². The van der Waals surface area contributed by atoms with Crippen molar-refractivity contribution in [2.45, 2.75) is 17.9 Å². The smallest absolute Gasteiger partial charge is 0.338 e. The molecule has 0 aliphatic carbocycles. The Balaban J connectivity index is 1.70. The highest BCUT2D eigenvalue weighted by molar-refractivity contribution is 7.92. The van der Waals surface area contributed by atoms with E-state index in [0.717, 1.165) is 12.1 Å². The molecule has 34 heavy (non-hydrogen) atoms. The molecule has 1 atom stereocenters. The van der Waals surface area contributed by atoms with Crippen LogP contribution in [0.4, 0.5) is 20.2 Å². The minimum atomic E-state index is -4.27. The molecule has 0 saturated heterocycles. The van der Waals surface area contributed by atoms with E-state index in [1.807, 2.05) is 6.07 Å². The van der Waals surface area contributed by atoms with Crippen LogP contribution in [0.5, 0.6) is 0 Å². The fraction of sp³-hybridized carbons (Fsp3) is 0.0870. The van der Waals surface area contributed by atoms with Crippen LogP contribution in [0.3, 0.4) is 0 Å². The molecule has 1 unspecified atom stereocenters. The summed E-state index contributed by atoms with van der Waals surface area (Å²) in [7, 11) is -4.27. The normalized spacial score (nSPS) is 11.7. The van der Waals surface area contributed by atoms with E-state index in [0.29, 0.717) is 12.1 Å². The first kappa shape index (κ1) is 24.3. The highest BCUT2D eigenvalue weighted by Crippen LogP contribution is 2.20. The second kappa shape index (κ2) is 10.1. The number of rotatable bonds is 7. The van der Waals surface area contributed by atoms with Crippen molar-refractivity contribution in [2.75, 3.05) is 10.0 Å². The molecular formula is C23H17F2N3O5S. The zero-order chi connectivity index (χ0) is 24.9. The third kappa shape index (κ3) is 5.73. The van der Waals surface area contributed by atoms with Crippen LogP contribution in [-0.4, -0.2) is 26.4 Å². The highest BCUT2D eigenvalue weighted by Gasteiger charge is 2.21. The third-order valence-corrected chi connectivity index (χ3v) is 5.89. The number of esters is 1. The summed E-state index contributed by atoms with van der Waals surface area (Å²) in [4.78, 5) is 24.3. The van der Waals surface area contributed by atoms with E-state index in [2.05, 4.69) is 10.0 Å². The number of para-hydroxylation sites is 1.